The van der Waals surface area contributed by atoms with Crippen LogP contribution >= 0.6 is 0 Å². The second kappa shape index (κ2) is 2.55. The second-order valence-corrected chi connectivity index (χ2v) is 3.25. The van der Waals surface area contributed by atoms with Gasteiger partial charge in [-0.05, 0) is 13.3 Å². The SMILES string of the molecule is CC1=Cc2c(F)c(O)cc(F)c2C1. The lowest BCUT2D eigenvalue weighted by Gasteiger charge is -2.03. The predicted octanol–water partition coefficient (Wildman–Crippen LogP) is 2.63. The number of phenolic OH excluding ortho intramolecular Hbond substituents is 1. The summed E-state index contributed by atoms with van der Waals surface area (Å²) in [6, 6.07) is 0.820. The highest BCUT2D eigenvalue weighted by atomic mass is 19.1. The quantitative estimate of drug-likeness (QED) is 0.653. The van der Waals surface area contributed by atoms with Crippen LogP contribution in [0.2, 0.25) is 0 Å². The monoisotopic (exact) mass is 182 g/mol. The molecule has 1 aliphatic rings. The first-order chi connectivity index (χ1) is 6.09. The Morgan fingerprint density at radius 3 is 2.77 bits per heavy atom. The molecule has 1 aliphatic carbocycles. The molecule has 0 heterocycles. The maximum atomic E-state index is 13.2. The van der Waals surface area contributed by atoms with Crippen molar-refractivity contribution in [2.75, 3.05) is 0 Å². The fourth-order valence-corrected chi connectivity index (χ4v) is 1.58. The molecule has 0 atom stereocenters. The summed E-state index contributed by atoms with van der Waals surface area (Å²) in [6.07, 6.45) is 1.99. The molecule has 1 nitrogen and oxygen atoms in total. The molecule has 0 aromatic heterocycles. The third-order valence-electron chi connectivity index (χ3n) is 2.18. The molecule has 0 aliphatic heterocycles. The van der Waals surface area contributed by atoms with Crippen molar-refractivity contribution in [2.45, 2.75) is 13.3 Å². The second-order valence-electron chi connectivity index (χ2n) is 3.25. The van der Waals surface area contributed by atoms with Gasteiger partial charge in [0, 0.05) is 17.2 Å². The molecule has 0 unspecified atom stereocenters. The Morgan fingerprint density at radius 2 is 2.08 bits per heavy atom. The van der Waals surface area contributed by atoms with Crippen molar-refractivity contribution in [1.29, 1.82) is 0 Å². The summed E-state index contributed by atoms with van der Waals surface area (Å²) in [6.45, 7) is 1.80. The molecule has 68 valence electrons. The molecule has 2 rings (SSSR count). The minimum Gasteiger partial charge on any atom is -0.505 e. The molecule has 0 amide bonds. The molecule has 0 bridgehead atoms. The molecular weight excluding hydrogens is 174 g/mol. The van der Waals surface area contributed by atoms with E-state index in [1.165, 1.54) is 0 Å². The number of rotatable bonds is 0. The van der Waals surface area contributed by atoms with Crippen molar-refractivity contribution < 1.29 is 13.9 Å². The van der Waals surface area contributed by atoms with E-state index in [2.05, 4.69) is 0 Å². The molecule has 0 saturated heterocycles. The van der Waals surface area contributed by atoms with Crippen molar-refractivity contribution in [1.82, 2.24) is 0 Å². The van der Waals surface area contributed by atoms with E-state index in [-0.39, 0.29) is 5.56 Å². The fourth-order valence-electron chi connectivity index (χ4n) is 1.58. The van der Waals surface area contributed by atoms with Crippen molar-refractivity contribution >= 4 is 6.08 Å². The van der Waals surface area contributed by atoms with Gasteiger partial charge in [-0.2, -0.15) is 0 Å². The molecule has 1 N–H and O–H groups in total. The van der Waals surface area contributed by atoms with Crippen LogP contribution in [0.3, 0.4) is 0 Å². The van der Waals surface area contributed by atoms with Crippen LogP contribution in [-0.4, -0.2) is 5.11 Å². The van der Waals surface area contributed by atoms with Gasteiger partial charge in [-0.1, -0.05) is 11.6 Å². The van der Waals surface area contributed by atoms with Crippen LogP contribution in [0, 0.1) is 11.6 Å². The van der Waals surface area contributed by atoms with Gasteiger partial charge in [0.1, 0.15) is 5.82 Å². The summed E-state index contributed by atoms with van der Waals surface area (Å²) in [5.41, 5.74) is 1.43. The topological polar surface area (TPSA) is 20.2 Å². The summed E-state index contributed by atoms with van der Waals surface area (Å²) < 4.78 is 26.3. The number of hydrogen-bond donors (Lipinski definition) is 1. The molecule has 0 saturated carbocycles. The molecule has 0 spiro atoms. The Kier molecular flexibility index (Phi) is 1.62. The third kappa shape index (κ3) is 1.11. The van der Waals surface area contributed by atoms with Gasteiger partial charge in [-0.3, -0.25) is 0 Å². The van der Waals surface area contributed by atoms with Crippen LogP contribution in [0.15, 0.2) is 11.6 Å². The summed E-state index contributed by atoms with van der Waals surface area (Å²) in [4.78, 5) is 0. The van der Waals surface area contributed by atoms with E-state index in [4.69, 9.17) is 5.11 Å². The number of allylic oxidation sites excluding steroid dienone is 1. The molecule has 3 heteroatoms. The van der Waals surface area contributed by atoms with Gasteiger partial charge in [0.05, 0.1) is 0 Å². The van der Waals surface area contributed by atoms with E-state index >= 15 is 0 Å². The van der Waals surface area contributed by atoms with Crippen LogP contribution in [0.5, 0.6) is 5.75 Å². The summed E-state index contributed by atoms with van der Waals surface area (Å²) in [5, 5.41) is 9.01. The highest BCUT2D eigenvalue weighted by Crippen LogP contribution is 2.33. The average molecular weight is 182 g/mol. The Bertz CT molecular complexity index is 408. The Labute approximate surface area is 74.3 Å². The largest absolute Gasteiger partial charge is 0.505 e. The third-order valence-corrected chi connectivity index (χ3v) is 2.18. The number of phenols is 1. The smallest absolute Gasteiger partial charge is 0.172 e. The number of benzene rings is 1. The Hall–Kier alpha value is -1.38. The lowest BCUT2D eigenvalue weighted by molar-refractivity contribution is 0.425. The van der Waals surface area contributed by atoms with Crippen molar-refractivity contribution in [2.24, 2.45) is 0 Å². The van der Waals surface area contributed by atoms with Crippen LogP contribution in [0.1, 0.15) is 18.1 Å². The highest BCUT2D eigenvalue weighted by Gasteiger charge is 2.20. The van der Waals surface area contributed by atoms with Crippen molar-refractivity contribution in [3.63, 3.8) is 0 Å². The molecule has 1 aromatic carbocycles. The summed E-state index contributed by atoms with van der Waals surface area (Å²) >= 11 is 0. The number of halogens is 2. The first kappa shape index (κ1) is 8.23. The van der Waals surface area contributed by atoms with Crippen LogP contribution < -0.4 is 0 Å². The van der Waals surface area contributed by atoms with E-state index in [0.717, 1.165) is 11.6 Å². The minimum absolute atomic E-state index is 0.190. The maximum Gasteiger partial charge on any atom is 0.172 e. The maximum absolute atomic E-state index is 13.2. The normalized spacial score (nSPS) is 14.2. The van der Waals surface area contributed by atoms with Gasteiger partial charge in [0.25, 0.3) is 0 Å². The molecule has 0 radical (unpaired) electrons. The van der Waals surface area contributed by atoms with E-state index in [1.54, 1.807) is 13.0 Å². The van der Waals surface area contributed by atoms with Gasteiger partial charge < -0.3 is 5.11 Å². The Balaban J connectivity index is 2.71. The van der Waals surface area contributed by atoms with Gasteiger partial charge in [-0.15, -0.1) is 0 Å². The van der Waals surface area contributed by atoms with Gasteiger partial charge >= 0.3 is 0 Å². The van der Waals surface area contributed by atoms with E-state index in [1.807, 2.05) is 0 Å². The van der Waals surface area contributed by atoms with Crippen LogP contribution in [0.25, 0.3) is 6.08 Å². The van der Waals surface area contributed by atoms with Gasteiger partial charge in [-0.25, -0.2) is 8.78 Å². The van der Waals surface area contributed by atoms with Gasteiger partial charge in [0.2, 0.25) is 0 Å². The van der Waals surface area contributed by atoms with Crippen molar-refractivity contribution in [3.05, 3.63) is 34.4 Å². The lowest BCUT2D eigenvalue weighted by Crippen LogP contribution is -1.93. The van der Waals surface area contributed by atoms with E-state index < -0.39 is 17.4 Å². The molecule has 1 aromatic rings. The number of aromatic hydroxyl groups is 1. The minimum atomic E-state index is -0.728. The first-order valence-corrected chi connectivity index (χ1v) is 3.96. The first-order valence-electron chi connectivity index (χ1n) is 3.96. The predicted molar refractivity (Wildman–Crippen MR) is 45.4 cm³/mol. The number of hydrogen-bond acceptors (Lipinski definition) is 1. The van der Waals surface area contributed by atoms with E-state index in [0.29, 0.717) is 12.0 Å². The lowest BCUT2D eigenvalue weighted by atomic mass is 10.1. The van der Waals surface area contributed by atoms with E-state index in [9.17, 15) is 8.78 Å². The zero-order chi connectivity index (χ0) is 9.59. The van der Waals surface area contributed by atoms with Gasteiger partial charge in [0.15, 0.2) is 11.6 Å². The molecule has 13 heavy (non-hydrogen) atoms. The standard InChI is InChI=1S/C10H8F2O/c1-5-2-6-7(3-5)10(12)9(13)4-8(6)11/h3-4,13H,2H2,1H3. The van der Waals surface area contributed by atoms with Crippen molar-refractivity contribution in [3.8, 4) is 5.75 Å². The highest BCUT2D eigenvalue weighted by molar-refractivity contribution is 5.65. The van der Waals surface area contributed by atoms with Crippen LogP contribution in [-0.2, 0) is 6.42 Å². The Morgan fingerprint density at radius 1 is 1.38 bits per heavy atom. The zero-order valence-electron chi connectivity index (χ0n) is 7.06. The molecular formula is C10H8F2O. The summed E-state index contributed by atoms with van der Waals surface area (Å²) in [7, 11) is 0. The summed E-state index contributed by atoms with van der Waals surface area (Å²) in [5.74, 6) is -1.89. The molecule has 0 fully saturated rings. The zero-order valence-corrected chi connectivity index (χ0v) is 7.06. The van der Waals surface area contributed by atoms with Crippen LogP contribution in [0.4, 0.5) is 8.78 Å². The average Bonchev–Trinajstić information content (AvgIpc) is 2.44. The number of fused-ring (bicyclic) bond motifs is 1. The fraction of sp³-hybridized carbons (Fsp3) is 0.200.